The van der Waals surface area contributed by atoms with E-state index in [-0.39, 0.29) is 5.75 Å². The highest BCUT2D eigenvalue weighted by molar-refractivity contribution is 6.12. The predicted molar refractivity (Wildman–Crippen MR) is 215 cm³/mol. The SMILES string of the molecule is Oc1ccccc1-c1nc2c(-c3cc(-c4cc(-c5ccccc5)ccn4)c4oc5ccccc5c4c3)cccc2n1-c1ccccc1-c1ccccc1. The van der Waals surface area contributed by atoms with Crippen LogP contribution in [0.2, 0.25) is 0 Å². The van der Waals surface area contributed by atoms with Gasteiger partial charge >= 0.3 is 0 Å². The van der Waals surface area contributed by atoms with Crippen LogP contribution in [-0.2, 0) is 0 Å². The molecular weight excluding hydrogens is 651 g/mol. The standard InChI is InChI=1S/C48H31N3O2/c52-44-24-11-8-20-38(44)48-50-46-36(21-13-23-43(46)51(48)42-22-10-7-18-35(42)32-16-5-2-6-17-32)34-28-39-37-19-9-12-25-45(37)53-47(39)40(29-34)41-30-33(26-27-49-41)31-14-3-1-4-15-31/h1-30,52H. The van der Waals surface area contributed by atoms with E-state index in [1.54, 1.807) is 6.07 Å². The van der Waals surface area contributed by atoms with E-state index in [1.165, 1.54) is 0 Å². The highest BCUT2D eigenvalue weighted by Gasteiger charge is 2.23. The lowest BCUT2D eigenvalue weighted by Gasteiger charge is -2.15. The summed E-state index contributed by atoms with van der Waals surface area (Å²) < 4.78 is 8.76. The second kappa shape index (κ2) is 12.5. The van der Waals surface area contributed by atoms with Crippen molar-refractivity contribution in [1.29, 1.82) is 0 Å². The van der Waals surface area contributed by atoms with Crippen molar-refractivity contribution in [2.45, 2.75) is 0 Å². The monoisotopic (exact) mass is 681 g/mol. The summed E-state index contributed by atoms with van der Waals surface area (Å²) in [6.45, 7) is 0. The summed E-state index contributed by atoms with van der Waals surface area (Å²) in [6, 6.07) is 59.5. The number of aromatic hydroxyl groups is 1. The topological polar surface area (TPSA) is 64.1 Å². The summed E-state index contributed by atoms with van der Waals surface area (Å²) in [6.07, 6.45) is 1.87. The van der Waals surface area contributed by atoms with E-state index in [9.17, 15) is 5.11 Å². The number of furan rings is 1. The lowest BCUT2D eigenvalue weighted by molar-refractivity contribution is 0.477. The first-order valence-electron chi connectivity index (χ1n) is 17.6. The molecule has 0 fully saturated rings. The molecule has 1 N–H and O–H groups in total. The van der Waals surface area contributed by atoms with Crippen LogP contribution in [0.25, 0.3) is 94.7 Å². The predicted octanol–water partition coefficient (Wildman–Crippen LogP) is 12.4. The van der Waals surface area contributed by atoms with Gasteiger partial charge in [-0.1, -0.05) is 121 Å². The third-order valence-corrected chi connectivity index (χ3v) is 9.99. The summed E-state index contributed by atoms with van der Waals surface area (Å²) in [5.74, 6) is 0.821. The van der Waals surface area contributed by atoms with Crippen LogP contribution in [0.15, 0.2) is 187 Å². The van der Waals surface area contributed by atoms with Gasteiger partial charge in [-0.2, -0.15) is 0 Å². The molecule has 0 bridgehead atoms. The van der Waals surface area contributed by atoms with Gasteiger partial charge < -0.3 is 9.52 Å². The van der Waals surface area contributed by atoms with Crippen LogP contribution in [0.5, 0.6) is 5.75 Å². The normalized spacial score (nSPS) is 11.5. The van der Waals surface area contributed by atoms with E-state index < -0.39 is 0 Å². The van der Waals surface area contributed by atoms with Crippen molar-refractivity contribution in [3.05, 3.63) is 182 Å². The van der Waals surface area contributed by atoms with Gasteiger partial charge in [-0.05, 0) is 76.9 Å². The molecule has 0 saturated carbocycles. The Labute approximate surface area is 305 Å². The lowest BCUT2D eigenvalue weighted by atomic mass is 9.96. The number of hydrogen-bond donors (Lipinski definition) is 1. The number of phenolic OH excluding ortho intramolecular Hbond substituents is 1. The Kier molecular flexibility index (Phi) is 7.22. The zero-order valence-corrected chi connectivity index (χ0v) is 28.5. The molecule has 0 amide bonds. The molecule has 0 radical (unpaired) electrons. The lowest BCUT2D eigenvalue weighted by Crippen LogP contribution is -2.00. The molecule has 0 saturated heterocycles. The second-order valence-electron chi connectivity index (χ2n) is 13.1. The summed E-state index contributed by atoms with van der Waals surface area (Å²) in [7, 11) is 0. The van der Waals surface area contributed by atoms with Gasteiger partial charge in [0.1, 0.15) is 22.7 Å². The number of aromatic nitrogens is 3. The van der Waals surface area contributed by atoms with E-state index in [1.807, 2.05) is 66.9 Å². The Balaban J connectivity index is 1.26. The number of benzene rings is 7. The molecule has 0 spiro atoms. The summed E-state index contributed by atoms with van der Waals surface area (Å²) >= 11 is 0. The summed E-state index contributed by atoms with van der Waals surface area (Å²) in [4.78, 5) is 10.3. The first kappa shape index (κ1) is 30.6. The number of para-hydroxylation sites is 4. The zero-order chi connectivity index (χ0) is 35.3. The van der Waals surface area contributed by atoms with Gasteiger partial charge in [-0.25, -0.2) is 4.98 Å². The fourth-order valence-electron chi connectivity index (χ4n) is 7.51. The van der Waals surface area contributed by atoms with Crippen molar-refractivity contribution in [3.8, 4) is 67.5 Å². The van der Waals surface area contributed by atoms with Crippen molar-refractivity contribution >= 4 is 33.0 Å². The molecule has 0 atom stereocenters. The first-order chi connectivity index (χ1) is 26.2. The third-order valence-electron chi connectivity index (χ3n) is 9.99. The van der Waals surface area contributed by atoms with E-state index in [4.69, 9.17) is 14.4 Å². The highest BCUT2D eigenvalue weighted by Crippen LogP contribution is 2.43. The molecule has 0 aliphatic rings. The van der Waals surface area contributed by atoms with Gasteiger partial charge in [-0.3, -0.25) is 9.55 Å². The molecule has 10 rings (SSSR count). The minimum absolute atomic E-state index is 0.167. The first-order valence-corrected chi connectivity index (χ1v) is 17.6. The Hall–Kier alpha value is -7.24. The maximum atomic E-state index is 11.2. The largest absolute Gasteiger partial charge is 0.507 e. The fourth-order valence-corrected chi connectivity index (χ4v) is 7.51. The van der Waals surface area contributed by atoms with E-state index in [0.717, 1.165) is 83.3 Å². The third kappa shape index (κ3) is 5.17. The van der Waals surface area contributed by atoms with E-state index >= 15 is 0 Å². The van der Waals surface area contributed by atoms with Crippen LogP contribution >= 0.6 is 0 Å². The van der Waals surface area contributed by atoms with Crippen molar-refractivity contribution < 1.29 is 9.52 Å². The van der Waals surface area contributed by atoms with Gasteiger partial charge in [0.05, 0.1) is 28.0 Å². The highest BCUT2D eigenvalue weighted by atomic mass is 16.3. The Morgan fingerprint density at radius 3 is 2.02 bits per heavy atom. The molecule has 3 aromatic heterocycles. The van der Waals surface area contributed by atoms with Crippen LogP contribution in [0.4, 0.5) is 0 Å². The van der Waals surface area contributed by atoms with Crippen LogP contribution in [0.3, 0.4) is 0 Å². The zero-order valence-electron chi connectivity index (χ0n) is 28.5. The number of fused-ring (bicyclic) bond motifs is 4. The summed E-state index contributed by atoms with van der Waals surface area (Å²) in [5, 5.41) is 13.3. The molecular formula is C48H31N3O2. The molecule has 53 heavy (non-hydrogen) atoms. The summed E-state index contributed by atoms with van der Waals surface area (Å²) in [5.41, 5.74) is 13.0. The number of rotatable bonds is 6. The van der Waals surface area contributed by atoms with Gasteiger partial charge in [0.2, 0.25) is 0 Å². The maximum absolute atomic E-state index is 11.2. The van der Waals surface area contributed by atoms with Crippen molar-refractivity contribution in [1.82, 2.24) is 14.5 Å². The number of pyridine rings is 1. The molecule has 5 heteroatoms. The van der Waals surface area contributed by atoms with Crippen LogP contribution < -0.4 is 0 Å². The fraction of sp³-hybridized carbons (Fsp3) is 0. The molecule has 10 aromatic rings. The van der Waals surface area contributed by atoms with Crippen LogP contribution in [0.1, 0.15) is 0 Å². The Bertz CT molecular complexity index is 2960. The maximum Gasteiger partial charge on any atom is 0.149 e. The number of imidazole rings is 1. The number of hydrogen-bond acceptors (Lipinski definition) is 4. The smallest absolute Gasteiger partial charge is 0.149 e. The Morgan fingerprint density at radius 1 is 0.491 bits per heavy atom. The average molecular weight is 682 g/mol. The minimum atomic E-state index is 0.167. The quantitative estimate of drug-likeness (QED) is 0.190. The van der Waals surface area contributed by atoms with Crippen molar-refractivity contribution in [2.75, 3.05) is 0 Å². The molecule has 3 heterocycles. The molecule has 0 aliphatic carbocycles. The van der Waals surface area contributed by atoms with Gasteiger partial charge in [0, 0.05) is 33.7 Å². The van der Waals surface area contributed by atoms with Crippen LogP contribution in [-0.4, -0.2) is 19.6 Å². The van der Waals surface area contributed by atoms with Crippen LogP contribution in [0, 0.1) is 0 Å². The minimum Gasteiger partial charge on any atom is -0.507 e. The molecule has 0 unspecified atom stereocenters. The molecule has 0 aliphatic heterocycles. The molecule has 250 valence electrons. The van der Waals surface area contributed by atoms with E-state index in [2.05, 4.69) is 114 Å². The van der Waals surface area contributed by atoms with Gasteiger partial charge in [0.15, 0.2) is 0 Å². The van der Waals surface area contributed by atoms with Crippen molar-refractivity contribution in [2.24, 2.45) is 0 Å². The number of nitrogens with zero attached hydrogens (tertiary/aromatic N) is 3. The second-order valence-corrected chi connectivity index (χ2v) is 13.1. The molecule has 5 nitrogen and oxygen atoms in total. The number of phenols is 1. The average Bonchev–Trinajstić information content (AvgIpc) is 3.80. The van der Waals surface area contributed by atoms with E-state index in [0.29, 0.717) is 11.4 Å². The van der Waals surface area contributed by atoms with Crippen molar-refractivity contribution in [3.63, 3.8) is 0 Å². The van der Waals surface area contributed by atoms with Gasteiger partial charge in [-0.15, -0.1) is 0 Å². The molecule has 7 aromatic carbocycles. The Morgan fingerprint density at radius 2 is 1.19 bits per heavy atom. The van der Waals surface area contributed by atoms with Gasteiger partial charge in [0.25, 0.3) is 0 Å².